The molecule has 1 saturated heterocycles. The van der Waals surface area contributed by atoms with Gasteiger partial charge in [-0.2, -0.15) is 0 Å². The standard InChI is InChI=1S/C27H27ClN4O2/c1-2-3-4-15-31-24(20-9-13-22(14-10-20)30-16-5-6-25(30)33)18-32-26(34)17-23(29-27(31)32)19-7-11-21(28)12-8-19/h7-14,17-18H,2-6,15-16H2,1H3. The van der Waals surface area contributed by atoms with Gasteiger partial charge < -0.3 is 9.47 Å². The van der Waals surface area contributed by atoms with Crippen LogP contribution in [0.2, 0.25) is 5.02 Å². The molecule has 4 aromatic rings. The summed E-state index contributed by atoms with van der Waals surface area (Å²) in [6.07, 6.45) is 6.58. The Bertz CT molecular complexity index is 1390. The summed E-state index contributed by atoms with van der Waals surface area (Å²) < 4.78 is 3.76. The summed E-state index contributed by atoms with van der Waals surface area (Å²) >= 11 is 6.04. The van der Waals surface area contributed by atoms with Crippen LogP contribution in [-0.2, 0) is 11.3 Å². The second-order valence-electron chi connectivity index (χ2n) is 8.73. The van der Waals surface area contributed by atoms with E-state index in [1.54, 1.807) is 22.6 Å². The fourth-order valence-electron chi connectivity index (χ4n) is 4.56. The first-order valence-electron chi connectivity index (χ1n) is 11.8. The fraction of sp³-hybridized carbons (Fsp3) is 0.296. The van der Waals surface area contributed by atoms with Gasteiger partial charge in [0.05, 0.1) is 11.4 Å². The lowest BCUT2D eigenvalue weighted by Gasteiger charge is -2.16. The van der Waals surface area contributed by atoms with Crippen molar-refractivity contribution in [3.05, 3.63) is 76.2 Å². The highest BCUT2D eigenvalue weighted by atomic mass is 35.5. The number of rotatable bonds is 7. The third-order valence-corrected chi connectivity index (χ3v) is 6.64. The maximum Gasteiger partial charge on any atom is 0.259 e. The van der Waals surface area contributed by atoms with Crippen molar-refractivity contribution in [2.24, 2.45) is 0 Å². The average Bonchev–Trinajstić information content (AvgIpc) is 3.44. The first-order valence-corrected chi connectivity index (χ1v) is 12.2. The van der Waals surface area contributed by atoms with Crippen LogP contribution in [-0.4, -0.2) is 26.4 Å². The first-order chi connectivity index (χ1) is 16.5. The molecular weight excluding hydrogens is 448 g/mol. The van der Waals surface area contributed by atoms with Gasteiger partial charge in [-0.05, 0) is 42.7 Å². The second-order valence-corrected chi connectivity index (χ2v) is 9.16. The second kappa shape index (κ2) is 9.47. The Labute approximate surface area is 203 Å². The van der Waals surface area contributed by atoms with Crippen LogP contribution in [0.4, 0.5) is 5.69 Å². The van der Waals surface area contributed by atoms with Crippen LogP contribution in [0.25, 0.3) is 28.3 Å². The molecule has 1 aliphatic rings. The topological polar surface area (TPSA) is 59.6 Å². The highest BCUT2D eigenvalue weighted by molar-refractivity contribution is 6.30. The van der Waals surface area contributed by atoms with E-state index in [4.69, 9.17) is 16.6 Å². The summed E-state index contributed by atoms with van der Waals surface area (Å²) in [4.78, 5) is 31.9. The largest absolute Gasteiger partial charge is 0.312 e. The van der Waals surface area contributed by atoms with E-state index in [2.05, 4.69) is 11.5 Å². The number of carbonyl (C=O) groups excluding carboxylic acids is 1. The first kappa shape index (κ1) is 22.4. The van der Waals surface area contributed by atoms with Gasteiger partial charge in [0.2, 0.25) is 11.7 Å². The lowest BCUT2D eigenvalue weighted by atomic mass is 10.1. The van der Waals surface area contributed by atoms with E-state index >= 15 is 0 Å². The lowest BCUT2D eigenvalue weighted by molar-refractivity contribution is -0.117. The zero-order valence-electron chi connectivity index (χ0n) is 19.2. The van der Waals surface area contributed by atoms with Gasteiger partial charge in [-0.3, -0.25) is 14.0 Å². The highest BCUT2D eigenvalue weighted by Gasteiger charge is 2.22. The van der Waals surface area contributed by atoms with E-state index in [9.17, 15) is 9.59 Å². The quantitative estimate of drug-likeness (QED) is 0.318. The molecule has 0 radical (unpaired) electrons. The molecule has 1 amide bonds. The van der Waals surface area contributed by atoms with Gasteiger partial charge in [-0.15, -0.1) is 0 Å². The number of amides is 1. The molecule has 1 aliphatic heterocycles. The predicted octanol–water partition coefficient (Wildman–Crippen LogP) is 5.80. The molecule has 1 fully saturated rings. The number of aromatic nitrogens is 3. The molecule has 2 aromatic carbocycles. The van der Waals surface area contributed by atoms with Crippen LogP contribution in [0.1, 0.15) is 39.0 Å². The molecule has 6 nitrogen and oxygen atoms in total. The van der Waals surface area contributed by atoms with E-state index in [-0.39, 0.29) is 11.5 Å². The van der Waals surface area contributed by atoms with Crippen LogP contribution in [0, 0.1) is 0 Å². The van der Waals surface area contributed by atoms with Crippen LogP contribution >= 0.6 is 11.6 Å². The maximum atomic E-state index is 13.1. The molecule has 0 saturated carbocycles. The Morgan fingerprint density at radius 1 is 0.971 bits per heavy atom. The minimum absolute atomic E-state index is 0.121. The summed E-state index contributed by atoms with van der Waals surface area (Å²) in [6, 6.07) is 17.0. The number of hydrogen-bond donors (Lipinski definition) is 0. The average molecular weight is 475 g/mol. The molecule has 0 aliphatic carbocycles. The number of hydrogen-bond acceptors (Lipinski definition) is 3. The fourth-order valence-corrected chi connectivity index (χ4v) is 4.69. The number of unbranched alkanes of at least 4 members (excludes halogenated alkanes) is 2. The molecule has 0 bridgehead atoms. The molecule has 0 unspecified atom stereocenters. The van der Waals surface area contributed by atoms with E-state index < -0.39 is 0 Å². The molecule has 0 atom stereocenters. The monoisotopic (exact) mass is 474 g/mol. The van der Waals surface area contributed by atoms with Gasteiger partial charge in [0.15, 0.2) is 0 Å². The summed E-state index contributed by atoms with van der Waals surface area (Å²) in [5, 5.41) is 0.644. The molecule has 3 heterocycles. The number of nitrogens with zero attached hydrogens (tertiary/aromatic N) is 4. The van der Waals surface area contributed by atoms with Crippen LogP contribution in [0.15, 0.2) is 65.6 Å². The van der Waals surface area contributed by atoms with Crippen molar-refractivity contribution in [2.75, 3.05) is 11.4 Å². The number of imidazole rings is 1. The summed E-state index contributed by atoms with van der Waals surface area (Å²) in [5.74, 6) is 0.800. The summed E-state index contributed by atoms with van der Waals surface area (Å²) in [5.41, 5.74) is 4.21. The smallest absolute Gasteiger partial charge is 0.259 e. The number of fused-ring (bicyclic) bond motifs is 1. The Balaban J connectivity index is 1.60. The molecule has 7 heteroatoms. The van der Waals surface area contributed by atoms with E-state index in [0.29, 0.717) is 22.9 Å². The zero-order valence-corrected chi connectivity index (χ0v) is 20.0. The highest BCUT2D eigenvalue weighted by Crippen LogP contribution is 2.28. The minimum Gasteiger partial charge on any atom is -0.312 e. The van der Waals surface area contributed by atoms with Gasteiger partial charge in [0, 0.05) is 48.0 Å². The van der Waals surface area contributed by atoms with Crippen LogP contribution in [0.5, 0.6) is 0 Å². The van der Waals surface area contributed by atoms with Gasteiger partial charge in [0.1, 0.15) is 0 Å². The summed E-state index contributed by atoms with van der Waals surface area (Å²) in [6.45, 7) is 3.71. The number of halogens is 1. The van der Waals surface area contributed by atoms with Crippen molar-refractivity contribution < 1.29 is 4.79 Å². The van der Waals surface area contributed by atoms with Crippen molar-refractivity contribution in [3.63, 3.8) is 0 Å². The Morgan fingerprint density at radius 3 is 2.38 bits per heavy atom. The molecule has 34 heavy (non-hydrogen) atoms. The minimum atomic E-state index is -0.121. The van der Waals surface area contributed by atoms with Gasteiger partial charge in [-0.1, -0.05) is 55.6 Å². The third-order valence-electron chi connectivity index (χ3n) is 6.39. The molecule has 0 spiro atoms. The summed E-state index contributed by atoms with van der Waals surface area (Å²) in [7, 11) is 0. The third kappa shape index (κ3) is 4.26. The van der Waals surface area contributed by atoms with E-state index in [1.165, 1.54) is 0 Å². The van der Waals surface area contributed by atoms with Crippen LogP contribution < -0.4 is 10.5 Å². The van der Waals surface area contributed by atoms with E-state index in [1.807, 2.05) is 47.5 Å². The Hall–Kier alpha value is -3.38. The number of benzene rings is 2. The lowest BCUT2D eigenvalue weighted by Crippen LogP contribution is -2.23. The van der Waals surface area contributed by atoms with Crippen LogP contribution in [0.3, 0.4) is 0 Å². The number of carbonyl (C=O) groups is 1. The van der Waals surface area contributed by atoms with Crippen molar-refractivity contribution in [2.45, 2.75) is 45.6 Å². The SMILES string of the molecule is CCCCCn1c(-c2ccc(N3CCCC3=O)cc2)cn2c(=O)cc(-c3ccc(Cl)cc3)nc12. The van der Waals surface area contributed by atoms with E-state index in [0.717, 1.165) is 61.3 Å². The molecule has 174 valence electrons. The van der Waals surface area contributed by atoms with Gasteiger partial charge in [-0.25, -0.2) is 4.98 Å². The van der Waals surface area contributed by atoms with Crippen molar-refractivity contribution in [1.82, 2.24) is 14.0 Å². The molecule has 2 aromatic heterocycles. The molecular formula is C27H27ClN4O2. The number of anilines is 1. The van der Waals surface area contributed by atoms with Crippen molar-refractivity contribution in [3.8, 4) is 22.5 Å². The van der Waals surface area contributed by atoms with Gasteiger partial charge in [0.25, 0.3) is 5.56 Å². The van der Waals surface area contributed by atoms with Crippen molar-refractivity contribution in [1.29, 1.82) is 0 Å². The number of aryl methyl sites for hydroxylation is 1. The Kier molecular flexibility index (Phi) is 6.24. The molecule has 5 rings (SSSR count). The maximum absolute atomic E-state index is 13.1. The molecule has 0 N–H and O–H groups in total. The Morgan fingerprint density at radius 2 is 1.71 bits per heavy atom. The predicted molar refractivity (Wildman–Crippen MR) is 136 cm³/mol. The zero-order chi connectivity index (χ0) is 23.7. The van der Waals surface area contributed by atoms with Gasteiger partial charge >= 0.3 is 0 Å². The van der Waals surface area contributed by atoms with Crippen molar-refractivity contribution >= 4 is 29.0 Å². The normalized spacial score (nSPS) is 13.8.